The Morgan fingerprint density at radius 3 is 2.70 bits per heavy atom. The van der Waals surface area contributed by atoms with Gasteiger partial charge in [-0.1, -0.05) is 52.1 Å². The van der Waals surface area contributed by atoms with E-state index < -0.39 is 0 Å². The highest BCUT2D eigenvalue weighted by molar-refractivity contribution is 14.1. The van der Waals surface area contributed by atoms with Crippen LogP contribution in [0.15, 0.2) is 69.0 Å². The molecule has 0 saturated carbocycles. The van der Waals surface area contributed by atoms with Gasteiger partial charge < -0.3 is 4.74 Å². The Morgan fingerprint density at radius 1 is 1.15 bits per heavy atom. The summed E-state index contributed by atoms with van der Waals surface area (Å²) in [5.41, 5.74) is 2.14. The van der Waals surface area contributed by atoms with Gasteiger partial charge in [0.25, 0.3) is 5.56 Å². The van der Waals surface area contributed by atoms with E-state index in [2.05, 4.69) is 48.6 Å². The van der Waals surface area contributed by atoms with Crippen molar-refractivity contribution in [1.82, 2.24) is 9.66 Å². The van der Waals surface area contributed by atoms with Crippen LogP contribution in [0.5, 0.6) is 5.75 Å². The van der Waals surface area contributed by atoms with Gasteiger partial charge in [0.05, 0.1) is 20.7 Å². The molecule has 3 aromatic carbocycles. The molecule has 9 heteroatoms. The largest absolute Gasteiger partial charge is 0.488 e. The number of rotatable bonds is 6. The van der Waals surface area contributed by atoms with Crippen LogP contribution < -0.4 is 10.3 Å². The van der Waals surface area contributed by atoms with Gasteiger partial charge in [-0.05, 0) is 76.7 Å². The molecule has 0 N–H and O–H groups in total. The minimum atomic E-state index is -0.205. The molecule has 0 fully saturated rings. The SMILES string of the molecule is CCc1nc2ccc(Br)cc2c(=O)n1N=Cc1ccc(OCc2ccc(Cl)cc2Cl)c(I)c1. The van der Waals surface area contributed by atoms with Crippen molar-refractivity contribution >= 4 is 78.8 Å². The molecule has 0 spiro atoms. The molecule has 0 atom stereocenters. The molecule has 0 unspecified atom stereocenters. The van der Waals surface area contributed by atoms with E-state index in [1.807, 2.05) is 43.3 Å². The maximum Gasteiger partial charge on any atom is 0.282 e. The van der Waals surface area contributed by atoms with E-state index in [4.69, 9.17) is 27.9 Å². The minimum Gasteiger partial charge on any atom is -0.488 e. The van der Waals surface area contributed by atoms with E-state index in [-0.39, 0.29) is 5.56 Å². The third-order valence-electron chi connectivity index (χ3n) is 4.87. The summed E-state index contributed by atoms with van der Waals surface area (Å²) in [6, 6.07) is 16.5. The van der Waals surface area contributed by atoms with Crippen LogP contribution in [0.3, 0.4) is 0 Å². The van der Waals surface area contributed by atoms with Gasteiger partial charge in [0.2, 0.25) is 0 Å². The number of hydrogen-bond donors (Lipinski definition) is 0. The average Bonchev–Trinajstić information content (AvgIpc) is 2.79. The molecule has 5 nitrogen and oxygen atoms in total. The molecular weight excluding hydrogens is 640 g/mol. The second-order valence-corrected chi connectivity index (χ2v) is 10.0. The van der Waals surface area contributed by atoms with Gasteiger partial charge >= 0.3 is 0 Å². The first-order valence-corrected chi connectivity index (χ1v) is 12.6. The number of ether oxygens (including phenoxy) is 1. The number of aryl methyl sites for hydroxylation is 1. The summed E-state index contributed by atoms with van der Waals surface area (Å²) in [7, 11) is 0. The van der Waals surface area contributed by atoms with Gasteiger partial charge in [-0.25, -0.2) is 4.98 Å². The predicted molar refractivity (Wildman–Crippen MR) is 146 cm³/mol. The predicted octanol–water partition coefficient (Wildman–Crippen LogP) is 7.09. The zero-order valence-corrected chi connectivity index (χ0v) is 22.6. The summed E-state index contributed by atoms with van der Waals surface area (Å²) >= 11 is 17.8. The van der Waals surface area contributed by atoms with E-state index >= 15 is 0 Å². The zero-order valence-electron chi connectivity index (χ0n) is 17.4. The molecule has 168 valence electrons. The first kappa shape index (κ1) is 24.2. The maximum absolute atomic E-state index is 13.0. The number of benzene rings is 3. The van der Waals surface area contributed by atoms with Crippen molar-refractivity contribution < 1.29 is 4.74 Å². The Kier molecular flexibility index (Phi) is 7.73. The van der Waals surface area contributed by atoms with Crippen LogP contribution in [0.2, 0.25) is 10.0 Å². The molecule has 0 aliphatic rings. The molecular formula is C24H17BrCl2IN3O2. The van der Waals surface area contributed by atoms with Crippen molar-refractivity contribution in [3.63, 3.8) is 0 Å². The maximum atomic E-state index is 13.0. The van der Waals surface area contributed by atoms with E-state index in [0.717, 1.165) is 24.9 Å². The molecule has 0 aliphatic carbocycles. The Balaban J connectivity index is 1.58. The van der Waals surface area contributed by atoms with Gasteiger partial charge in [0, 0.05) is 26.5 Å². The molecule has 1 heterocycles. The smallest absolute Gasteiger partial charge is 0.282 e. The Hall–Kier alpha value is -1.94. The molecule has 0 aliphatic heterocycles. The molecule has 33 heavy (non-hydrogen) atoms. The highest BCUT2D eigenvalue weighted by Gasteiger charge is 2.10. The summed E-state index contributed by atoms with van der Waals surface area (Å²) in [4.78, 5) is 17.6. The van der Waals surface area contributed by atoms with Crippen molar-refractivity contribution in [2.75, 3.05) is 0 Å². The fourth-order valence-corrected chi connectivity index (χ4v) is 4.69. The number of nitrogens with zero attached hydrogens (tertiary/aromatic N) is 3. The fourth-order valence-electron chi connectivity index (χ4n) is 3.18. The summed E-state index contributed by atoms with van der Waals surface area (Å²) in [6.45, 7) is 2.27. The van der Waals surface area contributed by atoms with Gasteiger partial charge in [-0.3, -0.25) is 4.79 Å². The Bertz CT molecular complexity index is 1440. The van der Waals surface area contributed by atoms with Crippen LogP contribution in [-0.2, 0) is 13.0 Å². The van der Waals surface area contributed by atoms with Crippen molar-refractivity contribution in [2.45, 2.75) is 20.0 Å². The van der Waals surface area contributed by atoms with E-state index in [9.17, 15) is 4.79 Å². The fraction of sp³-hybridized carbons (Fsp3) is 0.125. The highest BCUT2D eigenvalue weighted by Crippen LogP contribution is 2.26. The summed E-state index contributed by atoms with van der Waals surface area (Å²) in [5.74, 6) is 1.32. The number of aromatic nitrogens is 2. The van der Waals surface area contributed by atoms with E-state index in [0.29, 0.717) is 39.8 Å². The normalized spacial score (nSPS) is 11.4. The quantitative estimate of drug-likeness (QED) is 0.164. The second kappa shape index (κ2) is 10.5. The number of halogens is 4. The van der Waals surface area contributed by atoms with E-state index in [1.165, 1.54) is 4.68 Å². The van der Waals surface area contributed by atoms with Gasteiger partial charge in [0.1, 0.15) is 18.2 Å². The molecule has 4 rings (SSSR count). The highest BCUT2D eigenvalue weighted by atomic mass is 127. The Morgan fingerprint density at radius 2 is 1.97 bits per heavy atom. The average molecular weight is 657 g/mol. The van der Waals surface area contributed by atoms with Crippen LogP contribution in [0.1, 0.15) is 23.9 Å². The molecule has 0 bridgehead atoms. The number of fused-ring (bicyclic) bond motifs is 1. The number of hydrogen-bond acceptors (Lipinski definition) is 4. The summed E-state index contributed by atoms with van der Waals surface area (Å²) in [6.07, 6.45) is 2.23. The molecule has 0 saturated heterocycles. The molecule has 1 aromatic heterocycles. The zero-order chi connectivity index (χ0) is 23.5. The van der Waals surface area contributed by atoms with Crippen LogP contribution in [0, 0.1) is 3.57 Å². The first-order chi connectivity index (χ1) is 15.9. The van der Waals surface area contributed by atoms with Gasteiger partial charge in [-0.2, -0.15) is 9.78 Å². The third kappa shape index (κ3) is 5.59. The van der Waals surface area contributed by atoms with Crippen LogP contribution >= 0.6 is 61.7 Å². The summed E-state index contributed by atoms with van der Waals surface area (Å²) in [5, 5.41) is 6.10. The lowest BCUT2D eigenvalue weighted by Crippen LogP contribution is -2.22. The standard InChI is InChI=1S/C24H17BrCl2IN3O2/c1-2-23-30-21-7-5-16(25)10-18(21)24(32)31(23)29-12-14-3-8-22(20(28)9-14)33-13-15-4-6-17(26)11-19(15)27/h3-12H,2,13H2,1H3. The first-order valence-electron chi connectivity index (χ1n) is 9.97. The van der Waals surface area contributed by atoms with E-state index in [1.54, 1.807) is 24.4 Å². The van der Waals surface area contributed by atoms with Crippen LogP contribution in [-0.4, -0.2) is 15.9 Å². The monoisotopic (exact) mass is 655 g/mol. The summed E-state index contributed by atoms with van der Waals surface area (Å²) < 4.78 is 9.01. The van der Waals surface area contributed by atoms with Crippen molar-refractivity contribution in [3.8, 4) is 5.75 Å². The molecule has 0 amide bonds. The lowest BCUT2D eigenvalue weighted by Gasteiger charge is -2.10. The van der Waals surface area contributed by atoms with Gasteiger partial charge in [0.15, 0.2) is 0 Å². The lowest BCUT2D eigenvalue weighted by atomic mass is 10.2. The topological polar surface area (TPSA) is 56.5 Å². The lowest BCUT2D eigenvalue weighted by molar-refractivity contribution is 0.304. The second-order valence-electron chi connectivity index (χ2n) is 7.12. The van der Waals surface area contributed by atoms with Crippen molar-refractivity contribution in [3.05, 3.63) is 100.0 Å². The molecule has 0 radical (unpaired) electrons. The third-order valence-corrected chi connectivity index (χ3v) is 6.79. The Labute approximate surface area is 222 Å². The van der Waals surface area contributed by atoms with Gasteiger partial charge in [-0.15, -0.1) is 0 Å². The molecule has 4 aromatic rings. The van der Waals surface area contributed by atoms with Crippen LogP contribution in [0.4, 0.5) is 0 Å². The minimum absolute atomic E-state index is 0.205. The van der Waals surface area contributed by atoms with Crippen molar-refractivity contribution in [2.24, 2.45) is 5.10 Å². The van der Waals surface area contributed by atoms with Crippen LogP contribution in [0.25, 0.3) is 10.9 Å². The van der Waals surface area contributed by atoms with Crippen molar-refractivity contribution in [1.29, 1.82) is 0 Å².